The average molecular weight is 272 g/mol. The summed E-state index contributed by atoms with van der Waals surface area (Å²) in [5, 5.41) is -1.43. The smallest absolute Gasteiger partial charge is 0.444 e. The third-order valence-electron chi connectivity index (χ3n) is 1.61. The molecule has 0 saturated heterocycles. The first kappa shape index (κ1) is 13.1. The van der Waals surface area contributed by atoms with Crippen molar-refractivity contribution in [2.45, 2.75) is 6.18 Å². The summed E-state index contributed by atoms with van der Waals surface area (Å²) in [6.07, 6.45) is -4.69. The fraction of sp³-hybridized carbons (Fsp3) is 0.222. The van der Waals surface area contributed by atoms with Crippen molar-refractivity contribution in [1.82, 2.24) is 0 Å². The lowest BCUT2D eigenvalue weighted by Crippen LogP contribution is -2.16. The highest BCUT2D eigenvalue weighted by Gasteiger charge is 2.34. The predicted octanol–water partition coefficient (Wildman–Crippen LogP) is 4.18. The number of halogens is 5. The van der Waals surface area contributed by atoms with Crippen LogP contribution in [0, 0.1) is 0 Å². The van der Waals surface area contributed by atoms with E-state index >= 15 is 0 Å². The van der Waals surface area contributed by atoms with E-state index in [1.54, 1.807) is 0 Å². The van der Waals surface area contributed by atoms with Crippen molar-refractivity contribution in [3.63, 3.8) is 0 Å². The standard InChI is InChI=1S/C9H6Cl2F3NO/c1-16-5-2-3-6(10)7(4-5)15-8(11)9(12,13)14/h2-4H,1H3. The van der Waals surface area contributed by atoms with Crippen molar-refractivity contribution >= 4 is 34.1 Å². The second-order valence-corrected chi connectivity index (χ2v) is 3.48. The number of alkyl halides is 3. The molecule has 0 aliphatic rings. The van der Waals surface area contributed by atoms with Gasteiger partial charge in [-0.3, -0.25) is 0 Å². The largest absolute Gasteiger partial charge is 0.497 e. The first-order valence-electron chi connectivity index (χ1n) is 3.99. The number of benzene rings is 1. The maximum Gasteiger partial charge on any atom is 0.444 e. The molecule has 0 spiro atoms. The van der Waals surface area contributed by atoms with E-state index < -0.39 is 11.3 Å². The van der Waals surface area contributed by atoms with Crippen molar-refractivity contribution in [2.24, 2.45) is 4.99 Å². The molecule has 16 heavy (non-hydrogen) atoms. The van der Waals surface area contributed by atoms with Crippen LogP contribution < -0.4 is 4.74 Å². The first-order chi connectivity index (χ1) is 7.34. The van der Waals surface area contributed by atoms with Gasteiger partial charge in [0, 0.05) is 6.07 Å². The van der Waals surface area contributed by atoms with Gasteiger partial charge in [-0.1, -0.05) is 23.2 Å². The lowest BCUT2D eigenvalue weighted by molar-refractivity contribution is -0.0558. The number of ether oxygens (including phenoxy) is 1. The molecule has 0 bridgehead atoms. The molecule has 88 valence electrons. The van der Waals surface area contributed by atoms with Crippen molar-refractivity contribution in [2.75, 3.05) is 7.11 Å². The molecule has 2 nitrogen and oxygen atoms in total. The molecule has 0 heterocycles. The molecule has 0 aliphatic carbocycles. The number of nitrogens with zero attached hydrogens (tertiary/aromatic N) is 1. The normalized spacial score (nSPS) is 12.8. The Balaban J connectivity index is 3.14. The Morgan fingerprint density at radius 3 is 2.50 bits per heavy atom. The summed E-state index contributed by atoms with van der Waals surface area (Å²) in [7, 11) is 1.38. The van der Waals surface area contributed by atoms with E-state index in [0.29, 0.717) is 5.75 Å². The molecule has 0 atom stereocenters. The number of methoxy groups -OCH3 is 1. The van der Waals surface area contributed by atoms with E-state index in [4.69, 9.17) is 27.9 Å². The Bertz CT molecular complexity index is 418. The third kappa shape index (κ3) is 3.28. The van der Waals surface area contributed by atoms with Crippen LogP contribution in [-0.4, -0.2) is 18.5 Å². The summed E-state index contributed by atoms with van der Waals surface area (Å²) in [5.74, 6) is 0.342. The molecule has 0 aliphatic heterocycles. The predicted molar refractivity (Wildman–Crippen MR) is 57.0 cm³/mol. The second-order valence-electron chi connectivity index (χ2n) is 2.72. The minimum atomic E-state index is -4.69. The molecule has 7 heteroatoms. The molecule has 0 radical (unpaired) electrons. The highest BCUT2D eigenvalue weighted by atomic mass is 35.5. The molecule has 0 amide bonds. The van der Waals surface area contributed by atoms with Gasteiger partial charge in [0.2, 0.25) is 5.17 Å². The molecule has 0 fully saturated rings. The summed E-state index contributed by atoms with van der Waals surface area (Å²) in [5.41, 5.74) is -0.0941. The van der Waals surface area contributed by atoms with Crippen LogP contribution in [0.2, 0.25) is 5.02 Å². The van der Waals surface area contributed by atoms with Gasteiger partial charge in [-0.2, -0.15) is 13.2 Å². The van der Waals surface area contributed by atoms with Crippen molar-refractivity contribution in [3.05, 3.63) is 23.2 Å². The Morgan fingerprint density at radius 2 is 2.00 bits per heavy atom. The Morgan fingerprint density at radius 1 is 1.38 bits per heavy atom. The van der Waals surface area contributed by atoms with Gasteiger partial charge < -0.3 is 4.74 Å². The number of hydrogen-bond acceptors (Lipinski definition) is 2. The van der Waals surface area contributed by atoms with Crippen LogP contribution in [0.25, 0.3) is 0 Å². The molecule has 1 rings (SSSR count). The highest BCUT2D eigenvalue weighted by molar-refractivity contribution is 6.67. The van der Waals surface area contributed by atoms with Crippen LogP contribution in [0.4, 0.5) is 18.9 Å². The van der Waals surface area contributed by atoms with E-state index in [9.17, 15) is 13.2 Å². The van der Waals surface area contributed by atoms with E-state index in [1.165, 1.54) is 25.3 Å². The zero-order valence-electron chi connectivity index (χ0n) is 7.98. The lowest BCUT2D eigenvalue weighted by Gasteiger charge is -2.05. The van der Waals surface area contributed by atoms with Crippen molar-refractivity contribution in [1.29, 1.82) is 0 Å². The Kier molecular flexibility index (Phi) is 4.04. The Labute approximate surface area is 99.6 Å². The SMILES string of the molecule is COc1ccc(Cl)c(N=C(Cl)C(F)(F)F)c1. The molecule has 1 aromatic carbocycles. The molecule has 1 aromatic rings. The third-order valence-corrected chi connectivity index (χ3v) is 2.22. The van der Waals surface area contributed by atoms with Crippen LogP contribution >= 0.6 is 23.2 Å². The van der Waals surface area contributed by atoms with Gasteiger partial charge in [-0.25, -0.2) is 4.99 Å². The van der Waals surface area contributed by atoms with Gasteiger partial charge in [0.25, 0.3) is 0 Å². The van der Waals surface area contributed by atoms with Crippen molar-refractivity contribution in [3.8, 4) is 5.75 Å². The average Bonchev–Trinajstić information content (AvgIpc) is 2.19. The maximum atomic E-state index is 12.1. The zero-order chi connectivity index (χ0) is 12.3. The minimum absolute atomic E-state index is 0.0585. The molecule has 0 aromatic heterocycles. The lowest BCUT2D eigenvalue weighted by atomic mass is 10.3. The van der Waals surface area contributed by atoms with Gasteiger partial charge in [0.05, 0.1) is 17.8 Å². The molecule has 0 saturated carbocycles. The van der Waals surface area contributed by atoms with Crippen LogP contribution in [0.3, 0.4) is 0 Å². The first-order valence-corrected chi connectivity index (χ1v) is 4.75. The summed E-state index contributed by atoms with van der Waals surface area (Å²) < 4.78 is 41.2. The number of hydrogen-bond donors (Lipinski definition) is 0. The van der Waals surface area contributed by atoms with Crippen LogP contribution in [-0.2, 0) is 0 Å². The minimum Gasteiger partial charge on any atom is -0.497 e. The Hall–Kier alpha value is -0.940. The monoisotopic (exact) mass is 271 g/mol. The highest BCUT2D eigenvalue weighted by Crippen LogP contribution is 2.32. The fourth-order valence-electron chi connectivity index (χ4n) is 0.874. The molecular formula is C9H6Cl2F3NO. The quantitative estimate of drug-likeness (QED) is 0.740. The van der Waals surface area contributed by atoms with E-state index in [-0.39, 0.29) is 10.7 Å². The van der Waals surface area contributed by atoms with Crippen molar-refractivity contribution < 1.29 is 17.9 Å². The van der Waals surface area contributed by atoms with Gasteiger partial charge in [-0.15, -0.1) is 0 Å². The van der Waals surface area contributed by atoms with E-state index in [1.807, 2.05) is 0 Å². The summed E-state index contributed by atoms with van der Waals surface area (Å²) >= 11 is 10.6. The zero-order valence-corrected chi connectivity index (χ0v) is 9.49. The molecule has 0 N–H and O–H groups in total. The molecular weight excluding hydrogens is 266 g/mol. The summed E-state index contributed by atoms with van der Waals surface area (Å²) in [6.45, 7) is 0. The number of rotatable bonds is 2. The molecule has 0 unspecified atom stereocenters. The van der Waals surface area contributed by atoms with E-state index in [2.05, 4.69) is 4.99 Å². The van der Waals surface area contributed by atoms with Gasteiger partial charge >= 0.3 is 6.18 Å². The second kappa shape index (κ2) is 4.93. The summed E-state index contributed by atoms with van der Waals surface area (Å²) in [6, 6.07) is 4.14. The fourth-order valence-corrected chi connectivity index (χ4v) is 1.13. The maximum absolute atomic E-state index is 12.1. The summed E-state index contributed by atoms with van der Waals surface area (Å²) in [4.78, 5) is 3.18. The van der Waals surface area contributed by atoms with Crippen LogP contribution in [0.5, 0.6) is 5.75 Å². The van der Waals surface area contributed by atoms with E-state index in [0.717, 1.165) is 0 Å². The van der Waals surface area contributed by atoms with Gasteiger partial charge in [-0.05, 0) is 12.1 Å². The topological polar surface area (TPSA) is 21.6 Å². The number of aliphatic imine (C=N–C) groups is 1. The van der Waals surface area contributed by atoms with Gasteiger partial charge in [0.15, 0.2) is 0 Å². The van der Waals surface area contributed by atoms with Crippen LogP contribution in [0.1, 0.15) is 0 Å². The van der Waals surface area contributed by atoms with Crippen LogP contribution in [0.15, 0.2) is 23.2 Å². The van der Waals surface area contributed by atoms with Gasteiger partial charge in [0.1, 0.15) is 5.75 Å².